The molecule has 1 saturated heterocycles. The number of benzene rings is 3. The number of hydrogen-bond acceptors (Lipinski definition) is 4. The summed E-state index contributed by atoms with van der Waals surface area (Å²) < 4.78 is 5.62. The fourth-order valence-electron chi connectivity index (χ4n) is 3.85. The van der Waals surface area contributed by atoms with Crippen LogP contribution >= 0.6 is 11.6 Å². The Labute approximate surface area is 199 Å². The van der Waals surface area contributed by atoms with Gasteiger partial charge in [0.15, 0.2) is 0 Å². The van der Waals surface area contributed by atoms with Gasteiger partial charge in [0.05, 0.1) is 12.3 Å². The molecule has 168 valence electrons. The van der Waals surface area contributed by atoms with Crippen molar-refractivity contribution in [2.45, 2.75) is 19.6 Å². The minimum absolute atomic E-state index is 0.0452. The Kier molecular flexibility index (Phi) is 7.23. The molecule has 1 aliphatic rings. The normalized spacial score (nSPS) is 16.8. The zero-order valence-electron chi connectivity index (χ0n) is 18.5. The monoisotopic (exact) mass is 459 g/mol. The van der Waals surface area contributed by atoms with Crippen LogP contribution in [0.4, 0.5) is 0 Å². The average molecular weight is 460 g/mol. The number of hydrogen-bond donors (Lipinski definition) is 0. The molecule has 1 fully saturated rings. The summed E-state index contributed by atoms with van der Waals surface area (Å²) in [4.78, 5) is 15.2. The van der Waals surface area contributed by atoms with Crippen LogP contribution < -0.4 is 4.74 Å². The molecule has 0 spiro atoms. The molecule has 1 aliphatic heterocycles. The van der Waals surface area contributed by atoms with E-state index < -0.39 is 0 Å². The van der Waals surface area contributed by atoms with Gasteiger partial charge in [-0.25, -0.2) is 5.01 Å². The van der Waals surface area contributed by atoms with E-state index in [1.54, 1.807) is 11.1 Å². The highest BCUT2D eigenvalue weighted by molar-refractivity contribution is 6.30. The van der Waals surface area contributed by atoms with Crippen LogP contribution in [0.25, 0.3) is 0 Å². The van der Waals surface area contributed by atoms with Gasteiger partial charge in [-0.2, -0.15) is 5.10 Å². The van der Waals surface area contributed by atoms with Gasteiger partial charge in [0.1, 0.15) is 18.5 Å². The van der Waals surface area contributed by atoms with Crippen molar-refractivity contribution in [3.8, 4) is 5.75 Å². The summed E-state index contributed by atoms with van der Waals surface area (Å²) in [6, 6.07) is 25.4. The zero-order chi connectivity index (χ0) is 23.2. The van der Waals surface area contributed by atoms with E-state index in [4.69, 9.17) is 21.4 Å². The first-order chi connectivity index (χ1) is 16.0. The van der Waals surface area contributed by atoms with E-state index in [1.165, 1.54) is 0 Å². The van der Waals surface area contributed by atoms with E-state index in [-0.39, 0.29) is 18.6 Å². The summed E-state index contributed by atoms with van der Waals surface area (Å²) in [5.41, 5.74) is 3.77. The maximum Gasteiger partial charge on any atom is 0.258 e. The molecule has 0 radical (unpaired) electrons. The quantitative estimate of drug-likeness (QED) is 0.322. The number of carbonyl (C=O) groups is 1. The zero-order valence-corrected chi connectivity index (χ0v) is 19.3. The second-order valence-electron chi connectivity index (χ2n) is 7.86. The number of ether oxygens (including phenoxy) is 1. The molecule has 0 aromatic heterocycles. The lowest BCUT2D eigenvalue weighted by Crippen LogP contribution is -2.29. The van der Waals surface area contributed by atoms with E-state index in [1.807, 2.05) is 73.7 Å². The van der Waals surface area contributed by atoms with Gasteiger partial charge in [-0.05, 0) is 47.9 Å². The van der Waals surface area contributed by atoms with E-state index in [2.05, 4.69) is 23.6 Å². The number of carbonyl (C=O) groups excluding carboxylic acids is 1. The average Bonchev–Trinajstić information content (AvgIpc) is 3.13. The second kappa shape index (κ2) is 10.5. The Bertz CT molecular complexity index is 1130. The summed E-state index contributed by atoms with van der Waals surface area (Å²) in [6.45, 7) is 6.95. The third-order valence-corrected chi connectivity index (χ3v) is 5.72. The lowest BCUT2D eigenvalue weighted by molar-refractivity contribution is -0.128. The van der Waals surface area contributed by atoms with Crippen LogP contribution in [0.1, 0.15) is 29.8 Å². The largest absolute Gasteiger partial charge is 0.490 e. The molecule has 1 heterocycles. The number of nitrogens with zero attached hydrogens (tertiary/aromatic N) is 3. The Balaban J connectivity index is 1.67. The van der Waals surface area contributed by atoms with Crippen molar-refractivity contribution >= 4 is 23.2 Å². The molecule has 3 aromatic rings. The second-order valence-corrected chi connectivity index (χ2v) is 8.30. The van der Waals surface area contributed by atoms with Crippen LogP contribution in [0.3, 0.4) is 0 Å². The first-order valence-electron chi connectivity index (χ1n) is 10.8. The molecule has 1 amide bonds. The molecule has 5 nitrogen and oxygen atoms in total. The van der Waals surface area contributed by atoms with Crippen molar-refractivity contribution < 1.29 is 9.53 Å². The number of halogens is 1. The molecule has 0 saturated carbocycles. The van der Waals surface area contributed by atoms with Crippen molar-refractivity contribution in [2.24, 2.45) is 5.10 Å². The highest BCUT2D eigenvalue weighted by Crippen LogP contribution is 2.34. The van der Waals surface area contributed by atoms with E-state index in [0.717, 1.165) is 28.2 Å². The highest BCUT2D eigenvalue weighted by Gasteiger charge is 2.39. The third-order valence-electron chi connectivity index (χ3n) is 5.47. The lowest BCUT2D eigenvalue weighted by atomic mass is 10.1. The molecule has 1 atom stereocenters. The number of amides is 1. The van der Waals surface area contributed by atoms with Crippen molar-refractivity contribution in [3.05, 3.63) is 113 Å². The molecular weight excluding hydrogens is 434 g/mol. The van der Waals surface area contributed by atoms with Gasteiger partial charge in [-0.1, -0.05) is 78.9 Å². The Morgan fingerprint density at radius 3 is 2.45 bits per heavy atom. The van der Waals surface area contributed by atoms with Crippen molar-refractivity contribution in [2.75, 3.05) is 13.2 Å². The van der Waals surface area contributed by atoms with Gasteiger partial charge in [0, 0.05) is 11.6 Å². The fourth-order valence-corrected chi connectivity index (χ4v) is 3.97. The lowest BCUT2D eigenvalue weighted by Gasteiger charge is -2.28. The topological polar surface area (TPSA) is 45.1 Å². The van der Waals surface area contributed by atoms with Gasteiger partial charge in [-0.15, -0.1) is 0 Å². The molecular formula is C27H26ClN3O2. The van der Waals surface area contributed by atoms with Gasteiger partial charge >= 0.3 is 0 Å². The van der Waals surface area contributed by atoms with Crippen molar-refractivity contribution in [1.82, 2.24) is 9.91 Å². The number of hydrazone groups is 1. The maximum absolute atomic E-state index is 13.1. The van der Waals surface area contributed by atoms with Crippen molar-refractivity contribution in [3.63, 3.8) is 0 Å². The van der Waals surface area contributed by atoms with Crippen LogP contribution in [-0.2, 0) is 11.3 Å². The van der Waals surface area contributed by atoms with Crippen LogP contribution in [0.15, 0.2) is 96.6 Å². The minimum Gasteiger partial charge on any atom is -0.490 e. The predicted octanol–water partition coefficient (Wildman–Crippen LogP) is 5.67. The minimum atomic E-state index is -0.326. The SMILES string of the molecule is C=CCOc1ccc([C@@H]2N(Cc3ccccc3)CC(=O)N2/N=C(/C)c2ccc(Cl)cc2)cc1. The summed E-state index contributed by atoms with van der Waals surface area (Å²) in [7, 11) is 0. The van der Waals surface area contributed by atoms with E-state index in [0.29, 0.717) is 18.2 Å². The van der Waals surface area contributed by atoms with Gasteiger partial charge in [0.2, 0.25) is 0 Å². The third kappa shape index (κ3) is 5.51. The number of rotatable bonds is 8. The van der Waals surface area contributed by atoms with Crippen LogP contribution in [0.5, 0.6) is 5.75 Å². The maximum atomic E-state index is 13.1. The molecule has 0 unspecified atom stereocenters. The summed E-state index contributed by atoms with van der Waals surface area (Å²) in [6.07, 6.45) is 1.38. The standard InChI is InChI=1S/C27H26ClN3O2/c1-3-17-33-25-15-11-23(12-16-25)27-30(18-21-7-5-4-6-8-21)19-26(32)31(27)29-20(2)22-9-13-24(28)14-10-22/h3-16,27H,1,17-19H2,2H3/b29-20-/t27-/m1/s1. The molecule has 4 rings (SSSR count). The highest BCUT2D eigenvalue weighted by atomic mass is 35.5. The van der Waals surface area contributed by atoms with Crippen LogP contribution in [0.2, 0.25) is 5.02 Å². The van der Waals surface area contributed by atoms with E-state index in [9.17, 15) is 4.79 Å². The molecule has 6 heteroatoms. The van der Waals surface area contributed by atoms with Crippen molar-refractivity contribution in [1.29, 1.82) is 0 Å². The summed E-state index contributed by atoms with van der Waals surface area (Å²) in [5.74, 6) is 0.709. The predicted molar refractivity (Wildman–Crippen MR) is 132 cm³/mol. The fraction of sp³-hybridized carbons (Fsp3) is 0.185. The van der Waals surface area contributed by atoms with E-state index >= 15 is 0 Å². The first kappa shape index (κ1) is 22.8. The van der Waals surface area contributed by atoms with Gasteiger partial charge in [-0.3, -0.25) is 9.69 Å². The van der Waals surface area contributed by atoms with Gasteiger partial charge in [0.25, 0.3) is 5.91 Å². The molecule has 0 bridgehead atoms. The Hall–Kier alpha value is -3.41. The molecule has 3 aromatic carbocycles. The smallest absolute Gasteiger partial charge is 0.258 e. The van der Waals surface area contributed by atoms with Crippen LogP contribution in [-0.4, -0.2) is 34.7 Å². The molecule has 0 N–H and O–H groups in total. The first-order valence-corrected chi connectivity index (χ1v) is 11.2. The summed E-state index contributed by atoms with van der Waals surface area (Å²) in [5, 5.41) is 7.00. The Morgan fingerprint density at radius 2 is 1.79 bits per heavy atom. The Morgan fingerprint density at radius 1 is 1.09 bits per heavy atom. The molecule has 33 heavy (non-hydrogen) atoms. The summed E-state index contributed by atoms with van der Waals surface area (Å²) >= 11 is 6.03. The van der Waals surface area contributed by atoms with Crippen LogP contribution in [0, 0.1) is 0 Å². The molecule has 0 aliphatic carbocycles. The van der Waals surface area contributed by atoms with Gasteiger partial charge < -0.3 is 4.74 Å².